The Balaban J connectivity index is 2.11. The van der Waals surface area contributed by atoms with E-state index >= 15 is 0 Å². The van der Waals surface area contributed by atoms with Crippen molar-refractivity contribution >= 4 is 28.4 Å². The summed E-state index contributed by atoms with van der Waals surface area (Å²) in [5.41, 5.74) is -0.0615. The van der Waals surface area contributed by atoms with Crippen LogP contribution in [-0.4, -0.2) is 17.2 Å². The molecule has 1 aliphatic rings. The number of thiocarbonyl (C=S) groups is 1. The lowest BCUT2D eigenvalue weighted by Gasteiger charge is -2.06. The molecule has 0 saturated heterocycles. The molecule has 66 valence electrons. The molecule has 0 atom stereocenters. The predicted molar refractivity (Wildman–Crippen MR) is 54.0 cm³/mol. The zero-order chi connectivity index (χ0) is 9.03. The van der Waals surface area contributed by atoms with E-state index in [1.54, 1.807) is 0 Å². The molecular weight excluding hydrogens is 190 g/mol. The van der Waals surface area contributed by atoms with Crippen LogP contribution in [0.3, 0.4) is 0 Å². The number of thioether (sulfide) groups is 1. The molecule has 1 fully saturated rings. The van der Waals surface area contributed by atoms with Crippen molar-refractivity contribution in [2.24, 2.45) is 5.41 Å². The van der Waals surface area contributed by atoms with Crippen LogP contribution in [0.25, 0.3) is 0 Å². The Bertz CT molecular complexity index is 218. The summed E-state index contributed by atoms with van der Waals surface area (Å²) < 4.78 is 5.79. The van der Waals surface area contributed by atoms with Crippen LogP contribution >= 0.6 is 24.0 Å². The quantitative estimate of drug-likeness (QED) is 0.656. The fourth-order valence-corrected chi connectivity index (χ4v) is 1.24. The molecule has 0 amide bonds. The molecule has 2 nitrogen and oxygen atoms in total. The fourth-order valence-electron chi connectivity index (χ4n) is 0.957. The molecule has 12 heavy (non-hydrogen) atoms. The maximum atomic E-state index is 8.74. The van der Waals surface area contributed by atoms with E-state index in [0.717, 1.165) is 19.3 Å². The van der Waals surface area contributed by atoms with Crippen molar-refractivity contribution in [2.75, 3.05) is 12.9 Å². The molecule has 0 unspecified atom stereocenters. The van der Waals surface area contributed by atoms with Gasteiger partial charge in [-0.15, -0.1) is 0 Å². The summed E-state index contributed by atoms with van der Waals surface area (Å²) in [7, 11) is 0. The zero-order valence-corrected chi connectivity index (χ0v) is 8.63. The monoisotopic (exact) mass is 201 g/mol. The van der Waals surface area contributed by atoms with Gasteiger partial charge in [0.15, 0.2) is 0 Å². The first-order valence-electron chi connectivity index (χ1n) is 3.84. The molecule has 1 rings (SSSR count). The van der Waals surface area contributed by atoms with Crippen molar-refractivity contribution in [1.29, 1.82) is 5.26 Å². The molecule has 0 bridgehead atoms. The second-order valence-corrected chi connectivity index (χ2v) is 4.35. The van der Waals surface area contributed by atoms with Crippen molar-refractivity contribution in [1.82, 2.24) is 0 Å². The van der Waals surface area contributed by atoms with E-state index in [1.165, 1.54) is 11.8 Å². The van der Waals surface area contributed by atoms with Gasteiger partial charge in [0.25, 0.3) is 0 Å². The second-order valence-electron chi connectivity index (χ2n) is 2.94. The Morgan fingerprint density at radius 2 is 2.42 bits per heavy atom. The Kier molecular flexibility index (Phi) is 3.36. The number of nitriles is 1. The molecule has 1 saturated carbocycles. The van der Waals surface area contributed by atoms with Crippen LogP contribution < -0.4 is 0 Å². The number of rotatable bonds is 3. The summed E-state index contributed by atoms with van der Waals surface area (Å²) in [6.45, 7) is 0.591. The van der Waals surface area contributed by atoms with Crippen LogP contribution in [0.15, 0.2) is 0 Å². The van der Waals surface area contributed by atoms with Gasteiger partial charge in [0.1, 0.15) is 0 Å². The summed E-state index contributed by atoms with van der Waals surface area (Å²) in [4.78, 5) is 0. The van der Waals surface area contributed by atoms with Crippen molar-refractivity contribution in [3.63, 3.8) is 0 Å². The van der Waals surface area contributed by atoms with Crippen molar-refractivity contribution in [3.8, 4) is 6.07 Å². The largest absolute Gasteiger partial charge is 0.479 e. The van der Waals surface area contributed by atoms with E-state index < -0.39 is 0 Å². The van der Waals surface area contributed by atoms with E-state index in [-0.39, 0.29) is 5.41 Å². The van der Waals surface area contributed by atoms with Gasteiger partial charge in [-0.05, 0) is 31.3 Å². The van der Waals surface area contributed by atoms with Crippen LogP contribution in [0.4, 0.5) is 0 Å². The molecule has 0 aromatic rings. The summed E-state index contributed by atoms with van der Waals surface area (Å²) in [5, 5.41) is 8.74. The Hall–Kier alpha value is -0.270. The average Bonchev–Trinajstić information content (AvgIpc) is 2.85. The maximum absolute atomic E-state index is 8.74. The smallest absolute Gasteiger partial charge is 0.219 e. The first-order chi connectivity index (χ1) is 5.72. The molecular formula is C8H11NOS2. The number of hydrogen-bond donors (Lipinski definition) is 0. The Morgan fingerprint density at radius 1 is 1.75 bits per heavy atom. The number of hydrogen-bond acceptors (Lipinski definition) is 4. The van der Waals surface area contributed by atoms with Crippen LogP contribution in [-0.2, 0) is 4.74 Å². The van der Waals surface area contributed by atoms with Crippen LogP contribution in [0.2, 0.25) is 0 Å². The molecule has 4 heteroatoms. The topological polar surface area (TPSA) is 33.0 Å². The molecule has 0 radical (unpaired) electrons. The van der Waals surface area contributed by atoms with Crippen LogP contribution in [0.5, 0.6) is 0 Å². The Labute approximate surface area is 82.3 Å². The van der Waals surface area contributed by atoms with Gasteiger partial charge >= 0.3 is 0 Å². The van der Waals surface area contributed by atoms with E-state index in [0.29, 0.717) is 11.0 Å². The first kappa shape index (κ1) is 9.82. The van der Waals surface area contributed by atoms with Crippen LogP contribution in [0.1, 0.15) is 19.3 Å². The number of ether oxygens (including phenoxy) is 1. The van der Waals surface area contributed by atoms with Gasteiger partial charge in [0.05, 0.1) is 18.1 Å². The SMILES string of the molecule is CSC(=S)OCCC1(C#N)CC1. The Morgan fingerprint density at radius 3 is 2.83 bits per heavy atom. The second kappa shape index (κ2) is 4.11. The summed E-state index contributed by atoms with van der Waals surface area (Å²) in [6.07, 6.45) is 4.77. The summed E-state index contributed by atoms with van der Waals surface area (Å²) in [6, 6.07) is 2.31. The third kappa shape index (κ3) is 2.65. The summed E-state index contributed by atoms with van der Waals surface area (Å²) >= 11 is 6.29. The van der Waals surface area contributed by atoms with E-state index in [4.69, 9.17) is 22.2 Å². The lowest BCUT2D eigenvalue weighted by Crippen LogP contribution is -2.05. The standard InChI is InChI=1S/C8H11NOS2/c1-12-7(11)10-5-4-8(6-9)2-3-8/h2-5H2,1H3. The van der Waals surface area contributed by atoms with Gasteiger partial charge in [0, 0.05) is 6.42 Å². The van der Waals surface area contributed by atoms with Gasteiger partial charge in [-0.25, -0.2) is 0 Å². The van der Waals surface area contributed by atoms with Crippen molar-refractivity contribution in [2.45, 2.75) is 19.3 Å². The van der Waals surface area contributed by atoms with Crippen molar-refractivity contribution < 1.29 is 4.74 Å². The molecule has 0 heterocycles. The first-order valence-corrected chi connectivity index (χ1v) is 5.48. The molecule has 0 aliphatic heterocycles. The number of nitrogens with zero attached hydrogens (tertiary/aromatic N) is 1. The molecule has 0 aromatic carbocycles. The minimum Gasteiger partial charge on any atom is -0.479 e. The van der Waals surface area contributed by atoms with E-state index in [9.17, 15) is 0 Å². The maximum Gasteiger partial charge on any atom is 0.219 e. The highest BCUT2D eigenvalue weighted by molar-refractivity contribution is 8.22. The van der Waals surface area contributed by atoms with Gasteiger partial charge in [-0.1, -0.05) is 11.8 Å². The highest BCUT2D eigenvalue weighted by atomic mass is 32.2. The van der Waals surface area contributed by atoms with Crippen LogP contribution in [0, 0.1) is 16.7 Å². The minimum absolute atomic E-state index is 0.0615. The third-order valence-electron chi connectivity index (χ3n) is 2.06. The molecule has 0 N–H and O–H groups in total. The molecule has 0 spiro atoms. The highest BCUT2D eigenvalue weighted by Crippen LogP contribution is 2.47. The van der Waals surface area contributed by atoms with Gasteiger partial charge in [0.2, 0.25) is 4.38 Å². The average molecular weight is 201 g/mol. The normalized spacial score (nSPS) is 18.0. The third-order valence-corrected chi connectivity index (χ3v) is 3.13. The van der Waals surface area contributed by atoms with Crippen molar-refractivity contribution in [3.05, 3.63) is 0 Å². The lowest BCUT2D eigenvalue weighted by molar-refractivity contribution is 0.291. The molecule has 1 aliphatic carbocycles. The minimum atomic E-state index is -0.0615. The summed E-state index contributed by atoms with van der Waals surface area (Å²) in [5.74, 6) is 0. The van der Waals surface area contributed by atoms with E-state index in [2.05, 4.69) is 6.07 Å². The zero-order valence-electron chi connectivity index (χ0n) is 7.00. The van der Waals surface area contributed by atoms with E-state index in [1.807, 2.05) is 6.26 Å². The fraction of sp³-hybridized carbons (Fsp3) is 0.750. The lowest BCUT2D eigenvalue weighted by atomic mass is 10.1. The van der Waals surface area contributed by atoms with Gasteiger partial charge in [-0.3, -0.25) is 0 Å². The highest BCUT2D eigenvalue weighted by Gasteiger charge is 2.42. The molecule has 0 aromatic heterocycles. The van der Waals surface area contributed by atoms with Gasteiger partial charge in [-0.2, -0.15) is 5.26 Å². The van der Waals surface area contributed by atoms with Gasteiger partial charge < -0.3 is 4.74 Å². The predicted octanol–water partition coefficient (Wildman–Crippen LogP) is 2.34.